The monoisotopic (exact) mass is 260 g/mol. The van der Waals surface area contributed by atoms with Crippen molar-refractivity contribution in [3.63, 3.8) is 0 Å². The number of carbonyl (C=O) groups is 1. The number of furan rings is 1. The Balaban J connectivity index is 1.94. The Morgan fingerprint density at radius 3 is 2.68 bits per heavy atom. The van der Waals surface area contributed by atoms with E-state index in [4.69, 9.17) is 4.42 Å². The second kappa shape index (κ2) is 5.95. The first kappa shape index (κ1) is 13.0. The molecule has 0 spiro atoms. The lowest BCUT2D eigenvalue weighted by Gasteiger charge is -1.98. The van der Waals surface area contributed by atoms with Crippen molar-refractivity contribution in [2.24, 2.45) is 5.10 Å². The molecule has 1 amide bonds. The number of carbonyl (C=O) groups excluding carboxylic acids is 1. The molecule has 0 unspecified atom stereocenters. The molecule has 0 fully saturated rings. The van der Waals surface area contributed by atoms with Crippen molar-refractivity contribution in [3.05, 3.63) is 59.3 Å². The first-order chi connectivity index (χ1) is 9.19. The summed E-state index contributed by atoms with van der Waals surface area (Å²) in [6.45, 7) is 1.98. The molecule has 4 nitrogen and oxygen atoms in total. The van der Waals surface area contributed by atoms with E-state index in [2.05, 4.69) is 10.5 Å². The Morgan fingerprint density at radius 1 is 1.32 bits per heavy atom. The lowest BCUT2D eigenvalue weighted by Crippen LogP contribution is -2.17. The SMILES string of the molecule is CCc1ccc(/C=N\NC(=O)c2ccc(F)cc2)o1. The Labute approximate surface area is 109 Å². The van der Waals surface area contributed by atoms with Crippen molar-refractivity contribution in [2.45, 2.75) is 13.3 Å². The Bertz CT molecular complexity index is 588. The summed E-state index contributed by atoms with van der Waals surface area (Å²) in [5.41, 5.74) is 2.68. The number of benzene rings is 1. The minimum Gasteiger partial charge on any atom is -0.460 e. The molecule has 0 aliphatic carbocycles. The fourth-order valence-electron chi connectivity index (χ4n) is 1.47. The van der Waals surface area contributed by atoms with E-state index in [1.165, 1.54) is 30.5 Å². The quantitative estimate of drug-likeness (QED) is 0.678. The number of rotatable bonds is 4. The van der Waals surface area contributed by atoms with E-state index in [0.717, 1.165) is 12.2 Å². The van der Waals surface area contributed by atoms with Crippen molar-refractivity contribution in [3.8, 4) is 0 Å². The van der Waals surface area contributed by atoms with Crippen LogP contribution >= 0.6 is 0 Å². The third-order valence-corrected chi connectivity index (χ3v) is 2.50. The molecule has 0 aliphatic heterocycles. The fourth-order valence-corrected chi connectivity index (χ4v) is 1.47. The van der Waals surface area contributed by atoms with Crippen LogP contribution in [0.15, 0.2) is 45.9 Å². The maximum absolute atomic E-state index is 12.7. The molecule has 0 aliphatic rings. The van der Waals surface area contributed by atoms with Crippen molar-refractivity contribution >= 4 is 12.1 Å². The van der Waals surface area contributed by atoms with E-state index in [0.29, 0.717) is 11.3 Å². The highest BCUT2D eigenvalue weighted by molar-refractivity contribution is 5.94. The topological polar surface area (TPSA) is 54.6 Å². The lowest BCUT2D eigenvalue weighted by molar-refractivity contribution is 0.0955. The Kier molecular flexibility index (Phi) is 4.07. The zero-order chi connectivity index (χ0) is 13.7. The normalized spacial score (nSPS) is 10.8. The van der Waals surface area contributed by atoms with E-state index in [1.54, 1.807) is 6.07 Å². The molecule has 0 saturated carbocycles. The fraction of sp³-hybridized carbons (Fsp3) is 0.143. The molecular formula is C14H13FN2O2. The summed E-state index contributed by atoms with van der Waals surface area (Å²) in [5.74, 6) is 0.629. The minimum atomic E-state index is -0.404. The Hall–Kier alpha value is -2.43. The highest BCUT2D eigenvalue weighted by Gasteiger charge is 2.03. The van der Waals surface area contributed by atoms with Gasteiger partial charge in [0, 0.05) is 12.0 Å². The molecule has 5 heteroatoms. The average molecular weight is 260 g/mol. The van der Waals surface area contributed by atoms with Gasteiger partial charge in [-0.1, -0.05) is 6.92 Å². The summed E-state index contributed by atoms with van der Waals surface area (Å²) in [6.07, 6.45) is 2.22. The molecule has 0 saturated heterocycles. The van der Waals surface area contributed by atoms with Gasteiger partial charge in [0.25, 0.3) is 5.91 Å². The van der Waals surface area contributed by atoms with Crippen LogP contribution in [0.25, 0.3) is 0 Å². The van der Waals surface area contributed by atoms with Crippen LogP contribution in [0, 0.1) is 5.82 Å². The molecule has 1 aromatic carbocycles. The molecule has 1 heterocycles. The van der Waals surface area contributed by atoms with Crippen LogP contribution in [0.4, 0.5) is 4.39 Å². The molecule has 19 heavy (non-hydrogen) atoms. The van der Waals surface area contributed by atoms with Crippen molar-refractivity contribution < 1.29 is 13.6 Å². The Morgan fingerprint density at radius 2 is 2.05 bits per heavy atom. The molecule has 2 rings (SSSR count). The molecule has 0 atom stereocenters. The number of aryl methyl sites for hydroxylation is 1. The summed E-state index contributed by atoms with van der Waals surface area (Å²) < 4.78 is 18.1. The number of nitrogens with one attached hydrogen (secondary N) is 1. The van der Waals surface area contributed by atoms with Crippen LogP contribution in [-0.2, 0) is 6.42 Å². The summed E-state index contributed by atoms with van der Waals surface area (Å²) in [4.78, 5) is 11.6. The van der Waals surface area contributed by atoms with Crippen molar-refractivity contribution in [1.82, 2.24) is 5.43 Å². The summed E-state index contributed by atoms with van der Waals surface area (Å²) in [7, 11) is 0. The van der Waals surface area contributed by atoms with Gasteiger partial charge in [-0.3, -0.25) is 4.79 Å². The first-order valence-corrected chi connectivity index (χ1v) is 5.86. The number of hydrogen-bond donors (Lipinski definition) is 1. The summed E-state index contributed by atoms with van der Waals surface area (Å²) in [6, 6.07) is 8.84. The maximum Gasteiger partial charge on any atom is 0.271 e. The number of nitrogens with zero attached hydrogens (tertiary/aromatic N) is 1. The minimum absolute atomic E-state index is 0.340. The van der Waals surface area contributed by atoms with Gasteiger partial charge in [0.2, 0.25) is 0 Å². The molecule has 1 aromatic heterocycles. The van der Waals surface area contributed by atoms with E-state index in [-0.39, 0.29) is 5.82 Å². The van der Waals surface area contributed by atoms with Crippen molar-refractivity contribution in [2.75, 3.05) is 0 Å². The van der Waals surface area contributed by atoms with Crippen LogP contribution < -0.4 is 5.43 Å². The summed E-state index contributed by atoms with van der Waals surface area (Å²) in [5, 5.41) is 3.78. The van der Waals surface area contributed by atoms with E-state index in [1.807, 2.05) is 13.0 Å². The number of hydrazone groups is 1. The smallest absolute Gasteiger partial charge is 0.271 e. The number of hydrogen-bond acceptors (Lipinski definition) is 3. The standard InChI is InChI=1S/C14H13FN2O2/c1-2-12-7-8-13(19-12)9-16-17-14(18)10-3-5-11(15)6-4-10/h3-9H,2H2,1H3,(H,17,18)/b16-9-. The summed E-state index contributed by atoms with van der Waals surface area (Å²) >= 11 is 0. The van der Waals surface area contributed by atoms with Crippen LogP contribution in [0.3, 0.4) is 0 Å². The molecule has 0 radical (unpaired) electrons. The highest BCUT2D eigenvalue weighted by Crippen LogP contribution is 2.06. The van der Waals surface area contributed by atoms with Gasteiger partial charge in [-0.2, -0.15) is 5.10 Å². The largest absolute Gasteiger partial charge is 0.460 e. The van der Waals surface area contributed by atoms with Gasteiger partial charge in [0.1, 0.15) is 17.3 Å². The zero-order valence-corrected chi connectivity index (χ0v) is 10.4. The van der Waals surface area contributed by atoms with Crippen LogP contribution in [-0.4, -0.2) is 12.1 Å². The first-order valence-electron chi connectivity index (χ1n) is 5.86. The number of amides is 1. The predicted molar refractivity (Wildman–Crippen MR) is 69.5 cm³/mol. The lowest BCUT2D eigenvalue weighted by atomic mass is 10.2. The van der Waals surface area contributed by atoms with Crippen molar-refractivity contribution in [1.29, 1.82) is 0 Å². The number of halogens is 1. The second-order valence-corrected chi connectivity index (χ2v) is 3.86. The maximum atomic E-state index is 12.7. The highest BCUT2D eigenvalue weighted by atomic mass is 19.1. The molecule has 98 valence electrons. The average Bonchev–Trinajstić information content (AvgIpc) is 2.87. The molecule has 2 aromatic rings. The second-order valence-electron chi connectivity index (χ2n) is 3.86. The zero-order valence-electron chi connectivity index (χ0n) is 10.4. The molecule has 0 bridgehead atoms. The third-order valence-electron chi connectivity index (χ3n) is 2.50. The van der Waals surface area contributed by atoms with Crippen LogP contribution in [0.2, 0.25) is 0 Å². The van der Waals surface area contributed by atoms with Gasteiger partial charge in [-0.15, -0.1) is 0 Å². The van der Waals surface area contributed by atoms with Crippen LogP contribution in [0.5, 0.6) is 0 Å². The molecular weight excluding hydrogens is 247 g/mol. The van der Waals surface area contributed by atoms with Gasteiger partial charge in [0.15, 0.2) is 0 Å². The van der Waals surface area contributed by atoms with Gasteiger partial charge < -0.3 is 4.42 Å². The van der Waals surface area contributed by atoms with Gasteiger partial charge in [-0.25, -0.2) is 9.82 Å². The van der Waals surface area contributed by atoms with Gasteiger partial charge in [-0.05, 0) is 36.4 Å². The molecule has 1 N–H and O–H groups in total. The van der Waals surface area contributed by atoms with E-state index >= 15 is 0 Å². The van der Waals surface area contributed by atoms with Crippen LogP contribution in [0.1, 0.15) is 28.8 Å². The predicted octanol–water partition coefficient (Wildman–Crippen LogP) is 2.75. The van der Waals surface area contributed by atoms with E-state index < -0.39 is 5.91 Å². The van der Waals surface area contributed by atoms with E-state index in [9.17, 15) is 9.18 Å². The third kappa shape index (κ3) is 3.51. The van der Waals surface area contributed by atoms with Gasteiger partial charge in [0.05, 0.1) is 6.21 Å². The van der Waals surface area contributed by atoms with Gasteiger partial charge >= 0.3 is 0 Å².